The predicted octanol–water partition coefficient (Wildman–Crippen LogP) is 2.66. The summed E-state index contributed by atoms with van der Waals surface area (Å²) < 4.78 is 1.43. The number of hydrogen-bond acceptors (Lipinski definition) is 4. The van der Waals surface area contributed by atoms with E-state index in [9.17, 15) is 14.7 Å². The summed E-state index contributed by atoms with van der Waals surface area (Å²) in [5, 5.41) is 19.7. The molecule has 2 heterocycles. The van der Waals surface area contributed by atoms with Crippen LogP contribution in [0.25, 0.3) is 10.2 Å². The first-order chi connectivity index (χ1) is 8.77. The molecule has 0 fully saturated rings. The van der Waals surface area contributed by atoms with Crippen molar-refractivity contribution in [2.24, 2.45) is 0 Å². The van der Waals surface area contributed by atoms with Crippen molar-refractivity contribution in [1.29, 1.82) is 0 Å². The molecule has 0 aromatic carbocycles. The SMILES string of the molecule is Cc1sc2c(c1C)c(O)c(C(=O)O)c(=O)n2C(C)C. The highest BCUT2D eigenvalue weighted by Crippen LogP contribution is 2.37. The van der Waals surface area contributed by atoms with Crippen molar-refractivity contribution in [3.05, 3.63) is 26.4 Å². The van der Waals surface area contributed by atoms with Crippen LogP contribution in [0.4, 0.5) is 0 Å². The van der Waals surface area contributed by atoms with Gasteiger partial charge in [0, 0.05) is 10.9 Å². The molecule has 0 radical (unpaired) electrons. The molecule has 19 heavy (non-hydrogen) atoms. The second-order valence-electron chi connectivity index (χ2n) is 4.76. The Hall–Kier alpha value is -1.82. The van der Waals surface area contributed by atoms with Gasteiger partial charge >= 0.3 is 5.97 Å². The van der Waals surface area contributed by atoms with Gasteiger partial charge in [0.05, 0.1) is 5.39 Å². The Balaban J connectivity index is 3.13. The quantitative estimate of drug-likeness (QED) is 0.887. The molecule has 0 aliphatic carbocycles. The maximum absolute atomic E-state index is 12.2. The van der Waals surface area contributed by atoms with Crippen molar-refractivity contribution in [2.45, 2.75) is 33.7 Å². The number of aryl methyl sites for hydroxylation is 2. The van der Waals surface area contributed by atoms with Gasteiger partial charge in [-0.1, -0.05) is 0 Å². The van der Waals surface area contributed by atoms with Crippen LogP contribution in [-0.4, -0.2) is 20.7 Å². The van der Waals surface area contributed by atoms with Gasteiger partial charge in [0.25, 0.3) is 5.56 Å². The van der Waals surface area contributed by atoms with Gasteiger partial charge in [0.1, 0.15) is 10.6 Å². The molecule has 0 spiro atoms. The molecular formula is C13H15NO4S. The molecule has 0 aliphatic rings. The standard InChI is InChI=1S/C13H15NO4S/c1-5(2)14-11(16)9(13(17)18)10(15)8-6(3)7(4)19-12(8)14/h5,15H,1-4H3,(H,17,18). The summed E-state index contributed by atoms with van der Waals surface area (Å²) in [6, 6.07) is -0.175. The summed E-state index contributed by atoms with van der Waals surface area (Å²) in [7, 11) is 0. The molecule has 102 valence electrons. The van der Waals surface area contributed by atoms with Crippen LogP contribution in [0.5, 0.6) is 5.75 Å². The number of pyridine rings is 1. The fourth-order valence-electron chi connectivity index (χ4n) is 2.16. The van der Waals surface area contributed by atoms with E-state index in [0.29, 0.717) is 10.2 Å². The third kappa shape index (κ3) is 1.83. The Morgan fingerprint density at radius 1 is 1.32 bits per heavy atom. The van der Waals surface area contributed by atoms with Gasteiger partial charge in [0.2, 0.25) is 0 Å². The van der Waals surface area contributed by atoms with E-state index >= 15 is 0 Å². The van der Waals surface area contributed by atoms with Gasteiger partial charge in [0.15, 0.2) is 5.56 Å². The fourth-order valence-corrected chi connectivity index (χ4v) is 3.45. The molecule has 2 N–H and O–H groups in total. The minimum Gasteiger partial charge on any atom is -0.506 e. The predicted molar refractivity (Wildman–Crippen MR) is 74.6 cm³/mol. The molecule has 0 bridgehead atoms. The average molecular weight is 281 g/mol. The Kier molecular flexibility index (Phi) is 3.14. The van der Waals surface area contributed by atoms with Gasteiger partial charge in [-0.3, -0.25) is 9.36 Å². The van der Waals surface area contributed by atoms with Crippen LogP contribution < -0.4 is 5.56 Å². The van der Waals surface area contributed by atoms with E-state index in [0.717, 1.165) is 10.4 Å². The summed E-state index contributed by atoms with van der Waals surface area (Å²) in [6.45, 7) is 7.32. The first-order valence-electron chi connectivity index (χ1n) is 5.87. The Morgan fingerprint density at radius 3 is 2.37 bits per heavy atom. The van der Waals surface area contributed by atoms with E-state index in [1.807, 2.05) is 27.7 Å². The van der Waals surface area contributed by atoms with Crippen molar-refractivity contribution in [3.8, 4) is 5.75 Å². The van der Waals surface area contributed by atoms with Crippen LogP contribution in [0, 0.1) is 13.8 Å². The zero-order valence-electron chi connectivity index (χ0n) is 11.1. The maximum atomic E-state index is 12.2. The molecule has 6 heteroatoms. The highest BCUT2D eigenvalue weighted by molar-refractivity contribution is 7.18. The molecule has 0 aliphatic heterocycles. The van der Waals surface area contributed by atoms with Gasteiger partial charge in [-0.2, -0.15) is 0 Å². The monoisotopic (exact) mass is 281 g/mol. The Morgan fingerprint density at radius 2 is 1.89 bits per heavy atom. The average Bonchev–Trinajstić information content (AvgIpc) is 2.54. The number of thiophene rings is 1. The minimum absolute atomic E-state index is 0.175. The van der Waals surface area contributed by atoms with Gasteiger partial charge in [-0.15, -0.1) is 11.3 Å². The summed E-state index contributed by atoms with van der Waals surface area (Å²) in [5.74, 6) is -1.83. The summed E-state index contributed by atoms with van der Waals surface area (Å²) >= 11 is 1.39. The molecule has 2 aromatic heterocycles. The van der Waals surface area contributed by atoms with Gasteiger partial charge < -0.3 is 10.2 Å². The zero-order chi connectivity index (χ0) is 14.5. The molecule has 0 saturated heterocycles. The highest BCUT2D eigenvalue weighted by atomic mass is 32.1. The number of aromatic hydroxyl groups is 1. The number of nitrogens with zero attached hydrogens (tertiary/aromatic N) is 1. The summed E-state index contributed by atoms with van der Waals surface area (Å²) in [5.41, 5.74) is -0.398. The first kappa shape index (κ1) is 13.6. The van der Waals surface area contributed by atoms with Crippen LogP contribution in [-0.2, 0) is 0 Å². The van der Waals surface area contributed by atoms with E-state index in [1.165, 1.54) is 15.9 Å². The number of carboxylic acid groups (broad SMARTS) is 1. The smallest absolute Gasteiger partial charge is 0.345 e. The molecule has 0 atom stereocenters. The largest absolute Gasteiger partial charge is 0.506 e. The molecular weight excluding hydrogens is 266 g/mol. The summed E-state index contributed by atoms with van der Waals surface area (Å²) in [4.78, 5) is 25.0. The minimum atomic E-state index is -1.40. The van der Waals surface area contributed by atoms with E-state index in [-0.39, 0.29) is 6.04 Å². The van der Waals surface area contributed by atoms with Crippen LogP contribution in [0.2, 0.25) is 0 Å². The number of aromatic carboxylic acids is 1. The van der Waals surface area contributed by atoms with Crippen molar-refractivity contribution in [3.63, 3.8) is 0 Å². The number of hydrogen-bond donors (Lipinski definition) is 2. The number of aromatic nitrogens is 1. The fraction of sp³-hybridized carbons (Fsp3) is 0.385. The van der Waals surface area contributed by atoms with Crippen molar-refractivity contribution in [2.75, 3.05) is 0 Å². The van der Waals surface area contributed by atoms with Crippen molar-refractivity contribution >= 4 is 27.5 Å². The lowest BCUT2D eigenvalue weighted by Gasteiger charge is -2.14. The molecule has 0 unspecified atom stereocenters. The van der Waals surface area contributed by atoms with Crippen molar-refractivity contribution < 1.29 is 15.0 Å². The molecule has 2 aromatic rings. The van der Waals surface area contributed by atoms with Crippen LogP contribution >= 0.6 is 11.3 Å². The number of fused-ring (bicyclic) bond motifs is 1. The van der Waals surface area contributed by atoms with Crippen LogP contribution in [0.3, 0.4) is 0 Å². The lowest BCUT2D eigenvalue weighted by molar-refractivity contribution is 0.0691. The number of carbonyl (C=O) groups is 1. The number of rotatable bonds is 2. The highest BCUT2D eigenvalue weighted by Gasteiger charge is 2.25. The van der Waals surface area contributed by atoms with E-state index in [2.05, 4.69) is 0 Å². The zero-order valence-corrected chi connectivity index (χ0v) is 12.0. The van der Waals surface area contributed by atoms with Crippen LogP contribution in [0.1, 0.15) is 40.7 Å². The van der Waals surface area contributed by atoms with Gasteiger partial charge in [-0.05, 0) is 33.3 Å². The molecule has 0 saturated carbocycles. The van der Waals surface area contributed by atoms with Gasteiger partial charge in [-0.25, -0.2) is 4.79 Å². The van der Waals surface area contributed by atoms with Crippen molar-refractivity contribution in [1.82, 2.24) is 4.57 Å². The second-order valence-corrected chi connectivity index (χ2v) is 5.96. The topological polar surface area (TPSA) is 79.5 Å². The van der Waals surface area contributed by atoms with E-state index < -0.39 is 22.8 Å². The molecule has 2 rings (SSSR count). The van der Waals surface area contributed by atoms with Crippen LogP contribution in [0.15, 0.2) is 4.79 Å². The van der Waals surface area contributed by atoms with E-state index in [1.54, 1.807) is 0 Å². The molecule has 5 nitrogen and oxygen atoms in total. The third-order valence-corrected chi connectivity index (χ3v) is 4.43. The Labute approximate surface area is 113 Å². The normalized spacial score (nSPS) is 11.4. The number of carboxylic acids is 1. The first-order valence-corrected chi connectivity index (χ1v) is 6.69. The third-order valence-electron chi connectivity index (χ3n) is 3.22. The summed E-state index contributed by atoms with van der Waals surface area (Å²) in [6.07, 6.45) is 0. The Bertz CT molecular complexity index is 739. The second kappa shape index (κ2) is 4.38. The lowest BCUT2D eigenvalue weighted by Crippen LogP contribution is -2.27. The maximum Gasteiger partial charge on any atom is 0.345 e. The lowest BCUT2D eigenvalue weighted by atomic mass is 10.1. The van der Waals surface area contributed by atoms with E-state index in [4.69, 9.17) is 5.11 Å². The molecule has 0 amide bonds.